The minimum absolute atomic E-state index is 0.0214. The molecular formula is C21H22O9. The van der Waals surface area contributed by atoms with Crippen molar-refractivity contribution in [2.45, 2.75) is 30.7 Å². The van der Waals surface area contributed by atoms with E-state index < -0.39 is 36.7 Å². The third kappa shape index (κ3) is 5.49. The van der Waals surface area contributed by atoms with Crippen LogP contribution in [0.4, 0.5) is 0 Å². The molecule has 0 saturated carbocycles. The number of ether oxygens (including phenoxy) is 3. The summed E-state index contributed by atoms with van der Waals surface area (Å²) in [7, 11) is 0. The van der Waals surface area contributed by atoms with E-state index in [4.69, 9.17) is 14.2 Å². The van der Waals surface area contributed by atoms with Gasteiger partial charge in [-0.1, -0.05) is 12.1 Å². The third-order valence-electron chi connectivity index (χ3n) is 4.45. The van der Waals surface area contributed by atoms with Gasteiger partial charge in [-0.3, -0.25) is 0 Å². The van der Waals surface area contributed by atoms with Gasteiger partial charge in [0.1, 0.15) is 48.3 Å². The Morgan fingerprint density at radius 3 is 2.13 bits per heavy atom. The van der Waals surface area contributed by atoms with Gasteiger partial charge in [-0.2, -0.15) is 0 Å². The van der Waals surface area contributed by atoms with Crippen molar-refractivity contribution in [1.82, 2.24) is 0 Å². The molecule has 1 fully saturated rings. The number of hydrogen-bond acceptors (Lipinski definition) is 9. The molecule has 0 amide bonds. The quantitative estimate of drug-likeness (QED) is 0.335. The van der Waals surface area contributed by atoms with E-state index in [-0.39, 0.29) is 23.9 Å². The fourth-order valence-corrected chi connectivity index (χ4v) is 2.77. The lowest BCUT2D eigenvalue weighted by Crippen LogP contribution is -2.60. The van der Waals surface area contributed by atoms with Crippen LogP contribution in [0, 0.1) is 0 Å². The molecule has 1 saturated heterocycles. The molecule has 160 valence electrons. The molecular weight excluding hydrogens is 396 g/mol. The van der Waals surface area contributed by atoms with Crippen LogP contribution in [0.2, 0.25) is 0 Å². The average Bonchev–Trinajstić information content (AvgIpc) is 2.74. The van der Waals surface area contributed by atoms with E-state index in [0.29, 0.717) is 5.56 Å². The van der Waals surface area contributed by atoms with Crippen molar-refractivity contribution >= 4 is 12.0 Å². The highest BCUT2D eigenvalue weighted by molar-refractivity contribution is 5.87. The summed E-state index contributed by atoms with van der Waals surface area (Å²) >= 11 is 0. The highest BCUT2D eigenvalue weighted by Crippen LogP contribution is 2.25. The van der Waals surface area contributed by atoms with Crippen molar-refractivity contribution in [2.75, 3.05) is 6.61 Å². The molecule has 5 N–H and O–H groups in total. The van der Waals surface area contributed by atoms with E-state index >= 15 is 0 Å². The second-order valence-electron chi connectivity index (χ2n) is 6.68. The monoisotopic (exact) mass is 418 g/mol. The lowest BCUT2D eigenvalue weighted by atomic mass is 9.99. The fraction of sp³-hybridized carbons (Fsp3) is 0.286. The Morgan fingerprint density at radius 2 is 1.50 bits per heavy atom. The van der Waals surface area contributed by atoms with Gasteiger partial charge in [0.25, 0.3) is 0 Å². The molecule has 0 spiro atoms. The number of phenolic OH excluding ortho intramolecular Hbond substituents is 2. The van der Waals surface area contributed by atoms with Crippen molar-refractivity contribution in [1.29, 1.82) is 0 Å². The third-order valence-corrected chi connectivity index (χ3v) is 4.45. The molecule has 1 heterocycles. The van der Waals surface area contributed by atoms with Gasteiger partial charge >= 0.3 is 5.97 Å². The zero-order valence-electron chi connectivity index (χ0n) is 15.7. The Balaban J connectivity index is 1.57. The summed E-state index contributed by atoms with van der Waals surface area (Å²) < 4.78 is 16.0. The average molecular weight is 418 g/mol. The maximum atomic E-state index is 11.9. The zero-order valence-corrected chi connectivity index (χ0v) is 15.7. The molecule has 5 atom stereocenters. The maximum absolute atomic E-state index is 11.9. The Morgan fingerprint density at radius 1 is 0.900 bits per heavy atom. The van der Waals surface area contributed by atoms with Gasteiger partial charge in [-0.15, -0.1) is 0 Å². The van der Waals surface area contributed by atoms with Crippen molar-refractivity contribution in [3.63, 3.8) is 0 Å². The minimum Gasteiger partial charge on any atom is -0.508 e. The van der Waals surface area contributed by atoms with Crippen LogP contribution in [0.3, 0.4) is 0 Å². The fourth-order valence-electron chi connectivity index (χ4n) is 2.77. The molecule has 2 aromatic carbocycles. The van der Waals surface area contributed by atoms with Crippen molar-refractivity contribution in [3.8, 4) is 17.2 Å². The van der Waals surface area contributed by atoms with E-state index in [2.05, 4.69) is 0 Å². The van der Waals surface area contributed by atoms with E-state index in [1.807, 2.05) is 0 Å². The number of aromatic hydroxyl groups is 2. The van der Waals surface area contributed by atoms with Gasteiger partial charge in [-0.25, -0.2) is 4.79 Å². The largest absolute Gasteiger partial charge is 0.508 e. The molecule has 1 aliphatic heterocycles. The first kappa shape index (κ1) is 21.6. The van der Waals surface area contributed by atoms with Crippen LogP contribution in [0.15, 0.2) is 54.6 Å². The van der Waals surface area contributed by atoms with Crippen LogP contribution in [0.1, 0.15) is 5.56 Å². The molecule has 0 radical (unpaired) electrons. The second kappa shape index (κ2) is 9.59. The van der Waals surface area contributed by atoms with Gasteiger partial charge < -0.3 is 39.7 Å². The standard InChI is InChI=1S/C21H22O9/c22-13-4-1-12(2-5-13)3-10-17(24)28-11-16-18(25)19(26)20(27)21(30-16)29-15-8-6-14(23)7-9-15/h1-10,16,18-23,25-27H,11H2/b10-3+/t16-,18-,19+,20-,21?/m1/s1. The highest BCUT2D eigenvalue weighted by atomic mass is 16.7. The summed E-state index contributed by atoms with van der Waals surface area (Å²) in [6, 6.07) is 11.8. The van der Waals surface area contributed by atoms with E-state index in [1.54, 1.807) is 12.1 Å². The molecule has 0 aromatic heterocycles. The minimum atomic E-state index is -1.59. The predicted molar refractivity (Wildman–Crippen MR) is 104 cm³/mol. The molecule has 30 heavy (non-hydrogen) atoms. The SMILES string of the molecule is O=C(/C=C/c1ccc(O)cc1)OC[C@H]1OC(Oc2ccc(O)cc2)[C@H](O)[C@@H](O)[C@@H]1O. The van der Waals surface area contributed by atoms with Gasteiger partial charge in [0.2, 0.25) is 6.29 Å². The number of carbonyl (C=O) groups is 1. The summed E-state index contributed by atoms with van der Waals surface area (Å²) in [5.74, 6) is -0.334. The van der Waals surface area contributed by atoms with Crippen LogP contribution in [0.5, 0.6) is 17.2 Å². The number of aliphatic hydroxyl groups is 3. The van der Waals surface area contributed by atoms with Gasteiger partial charge in [-0.05, 0) is 48.0 Å². The molecule has 9 heteroatoms. The number of esters is 1. The first-order valence-corrected chi connectivity index (χ1v) is 9.12. The first-order chi connectivity index (χ1) is 14.3. The molecule has 0 aliphatic carbocycles. The lowest BCUT2D eigenvalue weighted by Gasteiger charge is -2.39. The lowest BCUT2D eigenvalue weighted by molar-refractivity contribution is -0.278. The molecule has 0 bridgehead atoms. The molecule has 1 unspecified atom stereocenters. The Hall–Kier alpha value is -3.11. The van der Waals surface area contributed by atoms with Crippen LogP contribution in [0.25, 0.3) is 6.08 Å². The summed E-state index contributed by atoms with van der Waals surface area (Å²) in [5, 5.41) is 48.8. The molecule has 1 aliphatic rings. The number of hydrogen-bond donors (Lipinski definition) is 5. The van der Waals surface area contributed by atoms with Crippen molar-refractivity contribution < 1.29 is 44.5 Å². The number of aliphatic hydroxyl groups excluding tert-OH is 3. The number of phenols is 2. The molecule has 9 nitrogen and oxygen atoms in total. The number of rotatable bonds is 6. The second-order valence-corrected chi connectivity index (χ2v) is 6.68. The summed E-state index contributed by atoms with van der Waals surface area (Å²) in [6.45, 7) is -0.390. The topological polar surface area (TPSA) is 146 Å². The maximum Gasteiger partial charge on any atom is 0.330 e. The zero-order chi connectivity index (χ0) is 21.7. The van der Waals surface area contributed by atoms with E-state index in [1.165, 1.54) is 42.5 Å². The summed E-state index contributed by atoms with van der Waals surface area (Å²) in [4.78, 5) is 11.9. The summed E-state index contributed by atoms with van der Waals surface area (Å²) in [6.07, 6.45) is -4.46. The Bertz CT molecular complexity index is 863. The van der Waals surface area contributed by atoms with Crippen molar-refractivity contribution in [2.24, 2.45) is 0 Å². The Labute approximate surface area is 172 Å². The van der Waals surface area contributed by atoms with Crippen LogP contribution >= 0.6 is 0 Å². The van der Waals surface area contributed by atoms with Gasteiger partial charge in [0.15, 0.2) is 0 Å². The number of benzene rings is 2. The van der Waals surface area contributed by atoms with E-state index in [9.17, 15) is 30.3 Å². The molecule has 2 aromatic rings. The van der Waals surface area contributed by atoms with Crippen molar-refractivity contribution in [3.05, 3.63) is 60.2 Å². The van der Waals surface area contributed by atoms with E-state index in [0.717, 1.165) is 6.08 Å². The smallest absolute Gasteiger partial charge is 0.330 e. The predicted octanol–water partition coefficient (Wildman–Crippen LogP) is 0.541. The van der Waals surface area contributed by atoms with Crippen LogP contribution in [-0.2, 0) is 14.3 Å². The molecule has 3 rings (SSSR count). The summed E-state index contributed by atoms with van der Waals surface area (Å²) in [5.41, 5.74) is 0.666. The Kier molecular flexibility index (Phi) is 6.91. The van der Waals surface area contributed by atoms with Gasteiger partial charge in [0.05, 0.1) is 0 Å². The van der Waals surface area contributed by atoms with Gasteiger partial charge in [0, 0.05) is 6.08 Å². The number of carbonyl (C=O) groups excluding carboxylic acids is 1. The first-order valence-electron chi connectivity index (χ1n) is 9.12. The van der Waals surface area contributed by atoms with Crippen LogP contribution < -0.4 is 4.74 Å². The normalized spacial score (nSPS) is 26.4. The van der Waals surface area contributed by atoms with Crippen LogP contribution in [-0.4, -0.2) is 68.8 Å². The highest BCUT2D eigenvalue weighted by Gasteiger charge is 2.45.